The van der Waals surface area contributed by atoms with Crippen LogP contribution in [0.1, 0.15) is 18.6 Å². The Balaban J connectivity index is 1.90. The molecule has 1 amide bonds. The summed E-state index contributed by atoms with van der Waals surface area (Å²) in [6, 6.07) is 14.2. The molecule has 0 fully saturated rings. The standard InChI is InChI=1S/C19H23NO5/c1-13(25-15-7-5-4-6-8-15)19(22)20-12-16(21)14-9-10-17(23-2)18(11-14)24-3/h4-11,13,16,21H,12H2,1-3H3,(H,20,22)/t13-,16-/m1/s1. The Bertz CT molecular complexity index is 689. The molecule has 0 saturated heterocycles. The van der Waals surface area contributed by atoms with Crippen LogP contribution in [0.25, 0.3) is 0 Å². The average molecular weight is 345 g/mol. The zero-order valence-electron chi connectivity index (χ0n) is 14.6. The number of hydrogen-bond acceptors (Lipinski definition) is 5. The van der Waals surface area contributed by atoms with E-state index in [-0.39, 0.29) is 12.5 Å². The Morgan fingerprint density at radius 2 is 1.76 bits per heavy atom. The molecule has 6 heteroatoms. The van der Waals surface area contributed by atoms with Gasteiger partial charge in [0, 0.05) is 6.54 Å². The molecular formula is C19H23NO5. The van der Waals surface area contributed by atoms with E-state index >= 15 is 0 Å². The van der Waals surface area contributed by atoms with Gasteiger partial charge < -0.3 is 24.6 Å². The number of rotatable bonds is 8. The average Bonchev–Trinajstić information content (AvgIpc) is 2.65. The maximum Gasteiger partial charge on any atom is 0.260 e. The summed E-state index contributed by atoms with van der Waals surface area (Å²) in [5, 5.41) is 13.0. The van der Waals surface area contributed by atoms with Gasteiger partial charge in [-0.05, 0) is 36.8 Å². The molecular weight excluding hydrogens is 322 g/mol. The second kappa shape index (κ2) is 8.94. The molecule has 0 aliphatic heterocycles. The third-order valence-electron chi connectivity index (χ3n) is 3.69. The molecule has 2 N–H and O–H groups in total. The first-order valence-corrected chi connectivity index (χ1v) is 7.94. The third kappa shape index (κ3) is 5.12. The number of benzene rings is 2. The predicted octanol–water partition coefficient (Wildman–Crippen LogP) is 2.32. The summed E-state index contributed by atoms with van der Waals surface area (Å²) in [5.74, 6) is 1.41. The van der Waals surface area contributed by atoms with Gasteiger partial charge in [-0.3, -0.25) is 4.79 Å². The minimum Gasteiger partial charge on any atom is -0.493 e. The molecule has 0 aromatic heterocycles. The lowest BCUT2D eigenvalue weighted by molar-refractivity contribution is -0.127. The first-order valence-electron chi connectivity index (χ1n) is 7.94. The van der Waals surface area contributed by atoms with Crippen molar-refractivity contribution >= 4 is 5.91 Å². The number of aliphatic hydroxyl groups excluding tert-OH is 1. The molecule has 2 aromatic rings. The van der Waals surface area contributed by atoms with Crippen molar-refractivity contribution in [1.82, 2.24) is 5.32 Å². The number of nitrogens with one attached hydrogen (secondary N) is 1. The minimum absolute atomic E-state index is 0.0663. The van der Waals surface area contributed by atoms with Gasteiger partial charge >= 0.3 is 0 Å². The summed E-state index contributed by atoms with van der Waals surface area (Å²) in [5.41, 5.74) is 0.620. The largest absolute Gasteiger partial charge is 0.493 e. The maximum absolute atomic E-state index is 12.1. The second-order valence-electron chi connectivity index (χ2n) is 5.45. The van der Waals surface area contributed by atoms with Crippen molar-refractivity contribution in [2.24, 2.45) is 0 Å². The van der Waals surface area contributed by atoms with Crippen LogP contribution in [0.2, 0.25) is 0 Å². The monoisotopic (exact) mass is 345 g/mol. The van der Waals surface area contributed by atoms with E-state index in [9.17, 15) is 9.90 Å². The van der Waals surface area contributed by atoms with E-state index in [4.69, 9.17) is 14.2 Å². The molecule has 2 rings (SSSR count). The molecule has 0 aliphatic carbocycles. The zero-order chi connectivity index (χ0) is 18.2. The number of carbonyl (C=O) groups is 1. The highest BCUT2D eigenvalue weighted by Crippen LogP contribution is 2.29. The van der Waals surface area contributed by atoms with Crippen molar-refractivity contribution < 1.29 is 24.1 Å². The number of para-hydroxylation sites is 1. The summed E-state index contributed by atoms with van der Waals surface area (Å²) >= 11 is 0. The third-order valence-corrected chi connectivity index (χ3v) is 3.69. The summed E-state index contributed by atoms with van der Waals surface area (Å²) in [4.78, 5) is 12.1. The van der Waals surface area contributed by atoms with Crippen LogP contribution >= 0.6 is 0 Å². The van der Waals surface area contributed by atoms with E-state index in [1.165, 1.54) is 7.11 Å². The Kier molecular flexibility index (Phi) is 6.65. The van der Waals surface area contributed by atoms with E-state index in [0.29, 0.717) is 22.8 Å². The van der Waals surface area contributed by atoms with Crippen LogP contribution in [0.5, 0.6) is 17.2 Å². The number of methoxy groups -OCH3 is 2. The molecule has 0 unspecified atom stereocenters. The fourth-order valence-electron chi connectivity index (χ4n) is 2.28. The molecule has 25 heavy (non-hydrogen) atoms. The molecule has 0 aliphatic rings. The Hall–Kier alpha value is -2.73. The highest BCUT2D eigenvalue weighted by Gasteiger charge is 2.17. The van der Waals surface area contributed by atoms with Gasteiger partial charge in [0.25, 0.3) is 5.91 Å². The molecule has 0 radical (unpaired) electrons. The van der Waals surface area contributed by atoms with Crippen LogP contribution in [0.4, 0.5) is 0 Å². The second-order valence-corrected chi connectivity index (χ2v) is 5.45. The number of ether oxygens (including phenoxy) is 3. The molecule has 6 nitrogen and oxygen atoms in total. The van der Waals surface area contributed by atoms with E-state index in [1.54, 1.807) is 44.4 Å². The Morgan fingerprint density at radius 3 is 2.40 bits per heavy atom. The van der Waals surface area contributed by atoms with Crippen LogP contribution in [-0.2, 0) is 4.79 Å². The molecule has 134 valence electrons. The lowest BCUT2D eigenvalue weighted by Gasteiger charge is -2.17. The SMILES string of the molecule is COc1ccc([C@H](O)CNC(=O)[C@@H](C)Oc2ccccc2)cc1OC. The van der Waals surface area contributed by atoms with Crippen molar-refractivity contribution in [3.8, 4) is 17.2 Å². The number of amides is 1. The van der Waals surface area contributed by atoms with Crippen LogP contribution in [0, 0.1) is 0 Å². The van der Waals surface area contributed by atoms with E-state index < -0.39 is 12.2 Å². The zero-order valence-corrected chi connectivity index (χ0v) is 14.6. The molecule has 0 heterocycles. The van der Waals surface area contributed by atoms with Gasteiger partial charge in [0.15, 0.2) is 17.6 Å². The van der Waals surface area contributed by atoms with Gasteiger partial charge in [-0.1, -0.05) is 24.3 Å². The van der Waals surface area contributed by atoms with Crippen LogP contribution in [0.3, 0.4) is 0 Å². The summed E-state index contributed by atoms with van der Waals surface area (Å²) in [7, 11) is 3.07. The minimum atomic E-state index is -0.868. The first kappa shape index (κ1) is 18.6. The lowest BCUT2D eigenvalue weighted by Crippen LogP contribution is -2.38. The van der Waals surface area contributed by atoms with Crippen molar-refractivity contribution in [1.29, 1.82) is 0 Å². The number of carbonyl (C=O) groups excluding carboxylic acids is 1. The lowest BCUT2D eigenvalue weighted by atomic mass is 10.1. The van der Waals surface area contributed by atoms with Gasteiger partial charge in [-0.2, -0.15) is 0 Å². The Morgan fingerprint density at radius 1 is 1.08 bits per heavy atom. The van der Waals surface area contributed by atoms with E-state index in [1.807, 2.05) is 18.2 Å². The maximum atomic E-state index is 12.1. The van der Waals surface area contributed by atoms with Crippen molar-refractivity contribution in [2.45, 2.75) is 19.1 Å². The first-order chi connectivity index (χ1) is 12.0. The van der Waals surface area contributed by atoms with Crippen molar-refractivity contribution in [3.63, 3.8) is 0 Å². The van der Waals surface area contributed by atoms with E-state index in [0.717, 1.165) is 0 Å². The van der Waals surface area contributed by atoms with Gasteiger partial charge in [-0.15, -0.1) is 0 Å². The van der Waals surface area contributed by atoms with Crippen LogP contribution in [-0.4, -0.2) is 37.9 Å². The number of hydrogen-bond donors (Lipinski definition) is 2. The van der Waals surface area contributed by atoms with Crippen molar-refractivity contribution in [3.05, 3.63) is 54.1 Å². The molecule has 0 bridgehead atoms. The normalized spacial score (nSPS) is 12.8. The molecule has 2 aromatic carbocycles. The summed E-state index contributed by atoms with van der Waals surface area (Å²) in [6.45, 7) is 1.72. The Labute approximate surface area is 147 Å². The summed E-state index contributed by atoms with van der Waals surface area (Å²) < 4.78 is 15.9. The fraction of sp³-hybridized carbons (Fsp3) is 0.316. The van der Waals surface area contributed by atoms with Crippen LogP contribution < -0.4 is 19.5 Å². The predicted molar refractivity (Wildman–Crippen MR) is 94.0 cm³/mol. The highest BCUT2D eigenvalue weighted by molar-refractivity contribution is 5.80. The molecule has 0 saturated carbocycles. The smallest absolute Gasteiger partial charge is 0.260 e. The topological polar surface area (TPSA) is 77.0 Å². The summed E-state index contributed by atoms with van der Waals surface area (Å²) in [6.07, 6.45) is -1.53. The van der Waals surface area contributed by atoms with Crippen molar-refractivity contribution in [2.75, 3.05) is 20.8 Å². The van der Waals surface area contributed by atoms with Crippen LogP contribution in [0.15, 0.2) is 48.5 Å². The van der Waals surface area contributed by atoms with Gasteiger partial charge in [0.05, 0.1) is 20.3 Å². The highest BCUT2D eigenvalue weighted by atomic mass is 16.5. The van der Waals surface area contributed by atoms with Gasteiger partial charge in [0.2, 0.25) is 0 Å². The quantitative estimate of drug-likeness (QED) is 0.768. The number of aliphatic hydroxyl groups is 1. The van der Waals surface area contributed by atoms with E-state index in [2.05, 4.69) is 5.32 Å². The molecule has 2 atom stereocenters. The fourth-order valence-corrected chi connectivity index (χ4v) is 2.28. The van der Waals surface area contributed by atoms with Gasteiger partial charge in [-0.25, -0.2) is 0 Å². The molecule has 0 spiro atoms. The van der Waals surface area contributed by atoms with Gasteiger partial charge in [0.1, 0.15) is 5.75 Å².